The Hall–Kier alpha value is -3.03. The summed E-state index contributed by atoms with van der Waals surface area (Å²) in [5, 5.41) is 4.89. The highest BCUT2D eigenvalue weighted by molar-refractivity contribution is 7.12. The zero-order chi connectivity index (χ0) is 23.8. The average molecular weight is 480 g/mol. The monoisotopic (exact) mass is 479 g/mol. The number of nitrogens with one attached hydrogen (secondary N) is 1. The van der Waals surface area contributed by atoms with E-state index in [2.05, 4.69) is 10.2 Å². The van der Waals surface area contributed by atoms with Gasteiger partial charge in [0.2, 0.25) is 5.91 Å². The van der Waals surface area contributed by atoms with Crippen molar-refractivity contribution in [3.63, 3.8) is 0 Å². The predicted molar refractivity (Wildman–Crippen MR) is 135 cm³/mol. The van der Waals surface area contributed by atoms with E-state index in [0.717, 1.165) is 30.8 Å². The van der Waals surface area contributed by atoms with Crippen LogP contribution in [-0.2, 0) is 17.8 Å². The first-order valence-electron chi connectivity index (χ1n) is 11.8. The number of anilines is 1. The molecule has 3 aromatic rings. The lowest BCUT2D eigenvalue weighted by molar-refractivity contribution is -0.120. The van der Waals surface area contributed by atoms with Gasteiger partial charge in [0.15, 0.2) is 0 Å². The van der Waals surface area contributed by atoms with Crippen LogP contribution in [0, 0.1) is 5.82 Å². The van der Waals surface area contributed by atoms with E-state index in [1.807, 2.05) is 35.7 Å². The van der Waals surface area contributed by atoms with E-state index in [-0.39, 0.29) is 24.1 Å². The Balaban J connectivity index is 1.43. The molecule has 178 valence electrons. The second kappa shape index (κ2) is 11.9. The van der Waals surface area contributed by atoms with Gasteiger partial charge in [-0.05, 0) is 72.8 Å². The zero-order valence-electron chi connectivity index (χ0n) is 19.2. The minimum atomic E-state index is -0.312. The molecule has 0 atom stereocenters. The van der Waals surface area contributed by atoms with Gasteiger partial charge in [-0.15, -0.1) is 11.3 Å². The number of halogens is 1. The number of benzene rings is 2. The second-order valence-electron chi connectivity index (χ2n) is 8.59. The molecule has 2 aromatic carbocycles. The normalized spacial score (nSPS) is 14.0. The van der Waals surface area contributed by atoms with Gasteiger partial charge in [0, 0.05) is 18.8 Å². The van der Waals surface area contributed by atoms with Crippen molar-refractivity contribution in [1.82, 2.24) is 10.2 Å². The molecule has 34 heavy (non-hydrogen) atoms. The van der Waals surface area contributed by atoms with Crippen LogP contribution in [0.4, 0.5) is 10.1 Å². The van der Waals surface area contributed by atoms with Crippen LogP contribution in [0.2, 0.25) is 0 Å². The van der Waals surface area contributed by atoms with Crippen molar-refractivity contribution < 1.29 is 14.0 Å². The minimum Gasteiger partial charge on any atom is -0.355 e. The molecule has 0 aliphatic carbocycles. The van der Waals surface area contributed by atoms with Gasteiger partial charge in [-0.1, -0.05) is 36.8 Å². The van der Waals surface area contributed by atoms with Gasteiger partial charge in [-0.25, -0.2) is 4.39 Å². The third kappa shape index (κ3) is 6.74. The molecule has 0 bridgehead atoms. The standard InChI is InChI=1S/C27H30FN3O2S/c28-23-11-9-21(10-12-23)20-31(27(33)25-8-5-17-34-25)24-7-4-6-22(18-24)19-26(32)29-13-16-30-14-2-1-3-15-30/h4-12,17-18H,1-3,13-16,19-20H2,(H,29,32). The average Bonchev–Trinajstić information content (AvgIpc) is 3.39. The van der Waals surface area contributed by atoms with Gasteiger partial charge in [0.25, 0.3) is 5.91 Å². The lowest BCUT2D eigenvalue weighted by Gasteiger charge is -2.26. The summed E-state index contributed by atoms with van der Waals surface area (Å²) < 4.78 is 13.4. The number of thiophene rings is 1. The zero-order valence-corrected chi connectivity index (χ0v) is 20.0. The molecule has 1 aromatic heterocycles. The van der Waals surface area contributed by atoms with Crippen molar-refractivity contribution in [2.24, 2.45) is 0 Å². The van der Waals surface area contributed by atoms with E-state index >= 15 is 0 Å². The number of amides is 2. The lowest BCUT2D eigenvalue weighted by atomic mass is 10.1. The maximum atomic E-state index is 13.4. The summed E-state index contributed by atoms with van der Waals surface area (Å²) in [6.45, 7) is 4.06. The molecule has 1 saturated heterocycles. The summed E-state index contributed by atoms with van der Waals surface area (Å²) in [4.78, 5) is 30.5. The van der Waals surface area contributed by atoms with Crippen molar-refractivity contribution in [2.75, 3.05) is 31.1 Å². The Morgan fingerprint density at radius 1 is 0.971 bits per heavy atom. The highest BCUT2D eigenvalue weighted by Gasteiger charge is 2.20. The van der Waals surface area contributed by atoms with Gasteiger partial charge in [0.1, 0.15) is 5.82 Å². The number of nitrogens with zero attached hydrogens (tertiary/aromatic N) is 2. The Labute approximate surface area is 204 Å². The van der Waals surface area contributed by atoms with Crippen LogP contribution in [0.1, 0.15) is 40.1 Å². The Bertz CT molecular complexity index is 1080. The highest BCUT2D eigenvalue weighted by Crippen LogP contribution is 2.24. The van der Waals surface area contributed by atoms with Crippen molar-refractivity contribution >= 4 is 28.8 Å². The molecule has 0 radical (unpaired) electrons. The third-order valence-corrected chi connectivity index (χ3v) is 6.87. The van der Waals surface area contributed by atoms with Crippen molar-refractivity contribution in [2.45, 2.75) is 32.2 Å². The molecule has 1 aliphatic rings. The summed E-state index contributed by atoms with van der Waals surface area (Å²) in [5.74, 6) is -0.459. The van der Waals surface area contributed by atoms with E-state index in [9.17, 15) is 14.0 Å². The number of likely N-dealkylation sites (tertiary alicyclic amines) is 1. The van der Waals surface area contributed by atoms with Gasteiger partial charge in [-0.3, -0.25) is 9.59 Å². The smallest absolute Gasteiger partial charge is 0.268 e. The number of hydrogen-bond donors (Lipinski definition) is 1. The molecular formula is C27H30FN3O2S. The molecule has 1 aliphatic heterocycles. The van der Waals surface area contributed by atoms with E-state index in [1.54, 1.807) is 23.1 Å². The number of piperidine rings is 1. The fourth-order valence-corrected chi connectivity index (χ4v) is 4.88. The largest absolute Gasteiger partial charge is 0.355 e. The van der Waals surface area contributed by atoms with Gasteiger partial charge in [0.05, 0.1) is 17.8 Å². The van der Waals surface area contributed by atoms with Crippen LogP contribution >= 0.6 is 11.3 Å². The first-order chi connectivity index (χ1) is 16.6. The summed E-state index contributed by atoms with van der Waals surface area (Å²) in [6.07, 6.45) is 4.02. The SMILES string of the molecule is O=C(Cc1cccc(N(Cc2ccc(F)cc2)C(=O)c2cccs2)c1)NCCN1CCCCC1. The molecule has 2 amide bonds. The third-order valence-electron chi connectivity index (χ3n) is 6.02. The predicted octanol–water partition coefficient (Wildman–Crippen LogP) is 4.88. The molecule has 1 fully saturated rings. The number of hydrogen-bond acceptors (Lipinski definition) is 4. The lowest BCUT2D eigenvalue weighted by Crippen LogP contribution is -2.38. The molecular weight excluding hydrogens is 449 g/mol. The van der Waals surface area contributed by atoms with E-state index < -0.39 is 0 Å². The van der Waals surface area contributed by atoms with Gasteiger partial charge < -0.3 is 15.1 Å². The number of carbonyl (C=O) groups excluding carboxylic acids is 2. The van der Waals surface area contributed by atoms with Crippen LogP contribution in [0.5, 0.6) is 0 Å². The summed E-state index contributed by atoms with van der Waals surface area (Å²) in [7, 11) is 0. The summed E-state index contributed by atoms with van der Waals surface area (Å²) in [5.41, 5.74) is 2.38. The fraction of sp³-hybridized carbons (Fsp3) is 0.333. The quantitative estimate of drug-likeness (QED) is 0.476. The molecule has 0 spiro atoms. The molecule has 2 heterocycles. The molecule has 7 heteroatoms. The summed E-state index contributed by atoms with van der Waals surface area (Å²) in [6, 6.07) is 17.3. The first kappa shape index (κ1) is 24.1. The Kier molecular flexibility index (Phi) is 8.44. The first-order valence-corrected chi connectivity index (χ1v) is 12.6. The molecule has 0 unspecified atom stereocenters. The molecule has 0 saturated carbocycles. The van der Waals surface area contributed by atoms with E-state index in [4.69, 9.17) is 0 Å². The molecule has 4 rings (SSSR count). The summed E-state index contributed by atoms with van der Waals surface area (Å²) >= 11 is 1.38. The maximum Gasteiger partial charge on any atom is 0.268 e. The van der Waals surface area contributed by atoms with Gasteiger partial charge in [-0.2, -0.15) is 0 Å². The van der Waals surface area contributed by atoms with Crippen LogP contribution in [0.15, 0.2) is 66.0 Å². The number of carbonyl (C=O) groups is 2. The Morgan fingerprint density at radius 3 is 2.50 bits per heavy atom. The maximum absolute atomic E-state index is 13.4. The van der Waals surface area contributed by atoms with Crippen LogP contribution in [-0.4, -0.2) is 42.9 Å². The van der Waals surface area contributed by atoms with Crippen molar-refractivity contribution in [3.05, 3.63) is 87.9 Å². The topological polar surface area (TPSA) is 52.7 Å². The highest BCUT2D eigenvalue weighted by atomic mass is 32.1. The minimum absolute atomic E-state index is 0.0242. The molecule has 1 N–H and O–H groups in total. The second-order valence-corrected chi connectivity index (χ2v) is 9.54. The van der Waals surface area contributed by atoms with Crippen LogP contribution < -0.4 is 10.2 Å². The Morgan fingerprint density at radius 2 is 1.76 bits per heavy atom. The van der Waals surface area contributed by atoms with Crippen molar-refractivity contribution in [1.29, 1.82) is 0 Å². The molecule has 5 nitrogen and oxygen atoms in total. The van der Waals surface area contributed by atoms with Crippen LogP contribution in [0.3, 0.4) is 0 Å². The van der Waals surface area contributed by atoms with E-state index in [0.29, 0.717) is 23.7 Å². The van der Waals surface area contributed by atoms with Crippen LogP contribution in [0.25, 0.3) is 0 Å². The fourth-order valence-electron chi connectivity index (χ4n) is 4.20. The van der Waals surface area contributed by atoms with Gasteiger partial charge >= 0.3 is 0 Å². The van der Waals surface area contributed by atoms with E-state index in [1.165, 1.54) is 42.7 Å². The van der Waals surface area contributed by atoms with Crippen molar-refractivity contribution in [3.8, 4) is 0 Å². The number of rotatable bonds is 9.